The molecule has 1 saturated carbocycles. The van der Waals surface area contributed by atoms with E-state index in [0.717, 1.165) is 28.4 Å². The first kappa shape index (κ1) is 16.2. The Balaban J connectivity index is 2.39. The van der Waals surface area contributed by atoms with Crippen molar-refractivity contribution in [3.05, 3.63) is 23.8 Å². The average molecular weight is 305 g/mol. The molecule has 1 aliphatic carbocycles. The molecule has 0 heterocycles. The zero-order valence-electron chi connectivity index (χ0n) is 13.2. The molecule has 3 N–H and O–H groups in total. The Morgan fingerprint density at radius 2 is 2.00 bits per heavy atom. The van der Waals surface area contributed by atoms with Gasteiger partial charge in [-0.25, -0.2) is 0 Å². The maximum Gasteiger partial charge on any atom is 0.126 e. The van der Waals surface area contributed by atoms with Crippen LogP contribution in [0.3, 0.4) is 0 Å². The second-order valence-electron chi connectivity index (χ2n) is 5.57. The molecule has 21 heavy (non-hydrogen) atoms. The number of rotatable bonds is 6. The highest BCUT2D eigenvalue weighted by Crippen LogP contribution is 2.34. The summed E-state index contributed by atoms with van der Waals surface area (Å²) in [6, 6.07) is 6.92. The molecule has 1 aromatic rings. The number of nitrogens with zero attached hydrogens (tertiary/aromatic N) is 1. The van der Waals surface area contributed by atoms with Crippen molar-refractivity contribution in [2.75, 3.05) is 17.2 Å². The van der Waals surface area contributed by atoms with E-state index >= 15 is 0 Å². The fourth-order valence-corrected chi connectivity index (χ4v) is 4.17. The van der Waals surface area contributed by atoms with E-state index in [4.69, 9.17) is 11.1 Å². The van der Waals surface area contributed by atoms with Crippen LogP contribution in [0.4, 0.5) is 5.69 Å². The predicted molar refractivity (Wildman–Crippen MR) is 93.7 cm³/mol. The summed E-state index contributed by atoms with van der Waals surface area (Å²) < 4.78 is 0. The Morgan fingerprint density at radius 1 is 1.29 bits per heavy atom. The van der Waals surface area contributed by atoms with E-state index in [1.165, 1.54) is 32.1 Å². The standard InChI is InChI=1S/C17H27N3S/c1-3-20(13-9-6-5-7-10-13)14-11-8-12-15(21-4-2)16(14)17(18)19/h8,11-13H,3-7,9-10H2,1-2H3,(H3,18,19). The highest BCUT2D eigenvalue weighted by Gasteiger charge is 2.24. The summed E-state index contributed by atoms with van der Waals surface area (Å²) >= 11 is 1.77. The van der Waals surface area contributed by atoms with Crippen molar-refractivity contribution in [2.24, 2.45) is 5.73 Å². The van der Waals surface area contributed by atoms with Gasteiger partial charge in [0.2, 0.25) is 0 Å². The third-order valence-electron chi connectivity index (χ3n) is 4.24. The Morgan fingerprint density at radius 3 is 2.57 bits per heavy atom. The lowest BCUT2D eigenvalue weighted by atomic mass is 9.93. The molecule has 1 aliphatic rings. The molecule has 0 atom stereocenters. The van der Waals surface area contributed by atoms with Gasteiger partial charge < -0.3 is 10.6 Å². The SMILES string of the molecule is CCSc1cccc(N(CC)C2CCCCC2)c1C(=N)N. The summed E-state index contributed by atoms with van der Waals surface area (Å²) in [6.07, 6.45) is 6.52. The normalized spacial score (nSPS) is 15.9. The van der Waals surface area contributed by atoms with Crippen molar-refractivity contribution in [1.82, 2.24) is 0 Å². The Hall–Kier alpha value is -1.16. The zero-order valence-corrected chi connectivity index (χ0v) is 14.0. The first-order valence-electron chi connectivity index (χ1n) is 8.05. The molecule has 0 bridgehead atoms. The summed E-state index contributed by atoms with van der Waals surface area (Å²) in [5, 5.41) is 8.02. The number of benzene rings is 1. The predicted octanol–water partition coefficient (Wildman–Crippen LogP) is 4.24. The van der Waals surface area contributed by atoms with Gasteiger partial charge in [-0.2, -0.15) is 0 Å². The number of anilines is 1. The Labute approximate surface area is 132 Å². The van der Waals surface area contributed by atoms with Gasteiger partial charge in [0.05, 0.1) is 5.56 Å². The highest BCUT2D eigenvalue weighted by atomic mass is 32.2. The van der Waals surface area contributed by atoms with Gasteiger partial charge in [0.15, 0.2) is 0 Å². The minimum absolute atomic E-state index is 0.191. The molecule has 4 heteroatoms. The molecule has 1 aromatic carbocycles. The lowest BCUT2D eigenvalue weighted by Gasteiger charge is -2.36. The first-order valence-corrected chi connectivity index (χ1v) is 9.04. The number of hydrogen-bond acceptors (Lipinski definition) is 3. The van der Waals surface area contributed by atoms with Crippen molar-refractivity contribution >= 4 is 23.3 Å². The van der Waals surface area contributed by atoms with Crippen LogP contribution in [-0.2, 0) is 0 Å². The second-order valence-corrected chi connectivity index (χ2v) is 6.88. The monoisotopic (exact) mass is 305 g/mol. The third kappa shape index (κ3) is 3.73. The van der Waals surface area contributed by atoms with Crippen LogP contribution in [0.15, 0.2) is 23.1 Å². The molecular formula is C17H27N3S. The molecule has 0 unspecified atom stereocenters. The smallest absolute Gasteiger partial charge is 0.126 e. The summed E-state index contributed by atoms with van der Waals surface area (Å²) in [5.74, 6) is 1.19. The van der Waals surface area contributed by atoms with Crippen LogP contribution in [0.5, 0.6) is 0 Å². The van der Waals surface area contributed by atoms with E-state index in [0.29, 0.717) is 6.04 Å². The molecule has 0 amide bonds. The summed E-state index contributed by atoms with van der Waals surface area (Å²) in [7, 11) is 0. The molecule has 0 saturated heterocycles. The van der Waals surface area contributed by atoms with E-state index in [9.17, 15) is 0 Å². The fraction of sp³-hybridized carbons (Fsp3) is 0.588. The fourth-order valence-electron chi connectivity index (χ4n) is 3.32. The second kappa shape index (κ2) is 7.74. The van der Waals surface area contributed by atoms with Crippen molar-refractivity contribution in [1.29, 1.82) is 5.41 Å². The molecule has 2 rings (SSSR count). The molecule has 0 radical (unpaired) electrons. The van der Waals surface area contributed by atoms with Crippen molar-refractivity contribution in [3.63, 3.8) is 0 Å². The molecular weight excluding hydrogens is 278 g/mol. The Kier molecular flexibility index (Phi) is 5.97. The van der Waals surface area contributed by atoms with Crippen LogP contribution in [-0.4, -0.2) is 24.2 Å². The average Bonchev–Trinajstić information content (AvgIpc) is 2.49. The number of nitrogens with one attached hydrogen (secondary N) is 1. The lowest BCUT2D eigenvalue weighted by Crippen LogP contribution is -2.38. The third-order valence-corrected chi connectivity index (χ3v) is 5.18. The molecule has 0 spiro atoms. The van der Waals surface area contributed by atoms with E-state index < -0.39 is 0 Å². The van der Waals surface area contributed by atoms with Crippen LogP contribution in [0.2, 0.25) is 0 Å². The van der Waals surface area contributed by atoms with Crippen LogP contribution >= 0.6 is 11.8 Å². The maximum atomic E-state index is 8.02. The van der Waals surface area contributed by atoms with Gasteiger partial charge in [0.25, 0.3) is 0 Å². The zero-order chi connectivity index (χ0) is 15.2. The minimum Gasteiger partial charge on any atom is -0.384 e. The maximum absolute atomic E-state index is 8.02. The van der Waals surface area contributed by atoms with E-state index in [2.05, 4.69) is 36.9 Å². The summed E-state index contributed by atoms with van der Waals surface area (Å²) in [4.78, 5) is 3.60. The van der Waals surface area contributed by atoms with Gasteiger partial charge in [-0.1, -0.05) is 32.3 Å². The van der Waals surface area contributed by atoms with Crippen molar-refractivity contribution in [3.8, 4) is 0 Å². The minimum atomic E-state index is 0.191. The van der Waals surface area contributed by atoms with E-state index in [-0.39, 0.29) is 5.84 Å². The van der Waals surface area contributed by atoms with Crippen LogP contribution in [0, 0.1) is 5.41 Å². The lowest BCUT2D eigenvalue weighted by molar-refractivity contribution is 0.418. The topological polar surface area (TPSA) is 53.1 Å². The molecule has 116 valence electrons. The van der Waals surface area contributed by atoms with Gasteiger partial charge in [0, 0.05) is 23.2 Å². The number of thioether (sulfide) groups is 1. The highest BCUT2D eigenvalue weighted by molar-refractivity contribution is 7.99. The number of nitrogen functional groups attached to an aromatic ring is 1. The van der Waals surface area contributed by atoms with Crippen molar-refractivity contribution in [2.45, 2.75) is 56.9 Å². The Bertz CT molecular complexity index is 481. The van der Waals surface area contributed by atoms with Crippen molar-refractivity contribution < 1.29 is 0 Å². The molecule has 3 nitrogen and oxygen atoms in total. The molecule has 0 aliphatic heterocycles. The molecule has 0 aromatic heterocycles. The summed E-state index contributed by atoms with van der Waals surface area (Å²) in [5.41, 5.74) is 7.99. The number of hydrogen-bond donors (Lipinski definition) is 2. The van der Waals surface area contributed by atoms with Gasteiger partial charge in [-0.15, -0.1) is 11.8 Å². The summed E-state index contributed by atoms with van der Waals surface area (Å²) in [6.45, 7) is 5.32. The van der Waals surface area contributed by atoms with Gasteiger partial charge in [0.1, 0.15) is 5.84 Å². The largest absolute Gasteiger partial charge is 0.384 e. The molecule has 1 fully saturated rings. The van der Waals surface area contributed by atoms with Crippen LogP contribution in [0.1, 0.15) is 51.5 Å². The number of nitrogens with two attached hydrogens (primary N) is 1. The van der Waals surface area contributed by atoms with Gasteiger partial charge in [-0.3, -0.25) is 5.41 Å². The van der Waals surface area contributed by atoms with Crippen LogP contribution in [0.25, 0.3) is 0 Å². The van der Waals surface area contributed by atoms with Gasteiger partial charge >= 0.3 is 0 Å². The van der Waals surface area contributed by atoms with E-state index in [1.807, 2.05) is 0 Å². The quantitative estimate of drug-likeness (QED) is 0.469. The van der Waals surface area contributed by atoms with E-state index in [1.54, 1.807) is 11.8 Å². The first-order chi connectivity index (χ1) is 10.2. The van der Waals surface area contributed by atoms with Gasteiger partial charge in [-0.05, 0) is 37.7 Å². The number of amidine groups is 1. The van der Waals surface area contributed by atoms with Crippen LogP contribution < -0.4 is 10.6 Å².